The number of hydrogen-bond donors (Lipinski definition) is 2. The number of hydrogen-bond acceptors (Lipinski definition) is 4. The number of nitrogens with zero attached hydrogens (tertiary/aromatic N) is 3. The molecule has 0 aliphatic rings. The Morgan fingerprint density at radius 1 is 1.03 bits per heavy atom. The summed E-state index contributed by atoms with van der Waals surface area (Å²) in [5, 5.41) is 14.5. The molecular formula is C23H16ClF3N4O2. The molecule has 10 heteroatoms. The molecule has 0 saturated heterocycles. The highest BCUT2D eigenvalue weighted by atomic mass is 35.5. The van der Waals surface area contributed by atoms with E-state index in [0.29, 0.717) is 21.7 Å². The number of nitrogens with two attached hydrogens (primary N) is 1. The standard InChI is InChI=1S/C23H16ClF3N4O2/c24-17-7-3-13(4-8-17)19-18(9-10-29-21(19)28)15-11-30-31(12-15)20(22(32)33)14-1-5-16(6-2-14)23(25,26)27/h1-12,20H,(H2,28,29)(H,32,33). The van der Waals surface area contributed by atoms with Gasteiger partial charge in [0.15, 0.2) is 6.04 Å². The van der Waals surface area contributed by atoms with Crippen LogP contribution in [0.4, 0.5) is 19.0 Å². The smallest absolute Gasteiger partial charge is 0.416 e. The van der Waals surface area contributed by atoms with Crippen LogP contribution >= 0.6 is 11.6 Å². The molecule has 1 unspecified atom stereocenters. The van der Waals surface area contributed by atoms with Gasteiger partial charge in [-0.05, 0) is 47.0 Å². The molecule has 4 rings (SSSR count). The highest BCUT2D eigenvalue weighted by Gasteiger charge is 2.31. The average molecular weight is 473 g/mol. The van der Waals surface area contributed by atoms with Gasteiger partial charge in [0.1, 0.15) is 5.82 Å². The quantitative estimate of drug-likeness (QED) is 0.397. The van der Waals surface area contributed by atoms with Crippen LogP contribution in [0.5, 0.6) is 0 Å². The van der Waals surface area contributed by atoms with Crippen molar-refractivity contribution in [2.75, 3.05) is 5.73 Å². The fourth-order valence-electron chi connectivity index (χ4n) is 3.52. The number of rotatable bonds is 5. The predicted molar refractivity (Wildman–Crippen MR) is 118 cm³/mol. The first kappa shape index (κ1) is 22.3. The Kier molecular flexibility index (Phi) is 5.82. The summed E-state index contributed by atoms with van der Waals surface area (Å²) in [6.07, 6.45) is -0.0275. The molecule has 168 valence electrons. The third kappa shape index (κ3) is 4.54. The minimum atomic E-state index is -4.52. The number of pyridine rings is 1. The van der Waals surface area contributed by atoms with Gasteiger partial charge in [0.2, 0.25) is 0 Å². The van der Waals surface area contributed by atoms with Gasteiger partial charge in [0, 0.05) is 28.5 Å². The van der Waals surface area contributed by atoms with E-state index < -0.39 is 23.8 Å². The summed E-state index contributed by atoms with van der Waals surface area (Å²) < 4.78 is 39.8. The number of aromatic nitrogens is 3. The molecule has 0 aliphatic heterocycles. The number of nitrogen functional groups attached to an aromatic ring is 1. The number of carbonyl (C=O) groups is 1. The predicted octanol–water partition coefficient (Wildman–Crippen LogP) is 5.54. The van der Waals surface area contributed by atoms with Gasteiger partial charge in [0.25, 0.3) is 0 Å². The van der Waals surface area contributed by atoms with Gasteiger partial charge in [-0.2, -0.15) is 18.3 Å². The summed E-state index contributed by atoms with van der Waals surface area (Å²) in [4.78, 5) is 16.1. The monoisotopic (exact) mass is 472 g/mol. The molecule has 0 radical (unpaired) electrons. The van der Waals surface area contributed by atoms with E-state index in [1.807, 2.05) is 0 Å². The average Bonchev–Trinajstić information content (AvgIpc) is 3.23. The maximum atomic E-state index is 12.9. The normalized spacial score (nSPS) is 12.5. The van der Waals surface area contributed by atoms with Crippen molar-refractivity contribution in [1.82, 2.24) is 14.8 Å². The van der Waals surface area contributed by atoms with E-state index in [1.165, 1.54) is 23.3 Å². The molecule has 0 saturated carbocycles. The molecule has 0 fully saturated rings. The first-order valence-electron chi connectivity index (χ1n) is 9.60. The molecule has 2 heterocycles. The largest absolute Gasteiger partial charge is 0.479 e. The minimum absolute atomic E-state index is 0.150. The van der Waals surface area contributed by atoms with E-state index in [0.717, 1.165) is 29.8 Å². The third-order valence-electron chi connectivity index (χ3n) is 5.08. The van der Waals surface area contributed by atoms with Crippen molar-refractivity contribution < 1.29 is 23.1 Å². The van der Waals surface area contributed by atoms with Crippen LogP contribution in [0.25, 0.3) is 22.3 Å². The molecule has 0 bridgehead atoms. The Bertz CT molecular complexity index is 1300. The van der Waals surface area contributed by atoms with Crippen molar-refractivity contribution in [2.45, 2.75) is 12.2 Å². The zero-order valence-electron chi connectivity index (χ0n) is 16.8. The summed E-state index contributed by atoms with van der Waals surface area (Å²) in [6, 6.07) is 11.3. The third-order valence-corrected chi connectivity index (χ3v) is 5.33. The van der Waals surface area contributed by atoms with Crippen molar-refractivity contribution in [3.63, 3.8) is 0 Å². The van der Waals surface area contributed by atoms with E-state index in [9.17, 15) is 23.1 Å². The maximum Gasteiger partial charge on any atom is 0.416 e. The molecule has 2 aromatic heterocycles. The Labute approximate surface area is 191 Å². The summed E-state index contributed by atoms with van der Waals surface area (Å²) in [5.41, 5.74) is 8.01. The molecule has 3 N–H and O–H groups in total. The lowest BCUT2D eigenvalue weighted by Crippen LogP contribution is -2.21. The molecule has 2 aromatic carbocycles. The van der Waals surface area contributed by atoms with E-state index in [1.54, 1.807) is 30.3 Å². The van der Waals surface area contributed by atoms with Crippen LogP contribution in [0.15, 0.2) is 73.2 Å². The van der Waals surface area contributed by atoms with Crippen LogP contribution in [0, 0.1) is 0 Å². The van der Waals surface area contributed by atoms with Gasteiger partial charge in [-0.1, -0.05) is 35.9 Å². The van der Waals surface area contributed by atoms with Crippen LogP contribution in [-0.2, 0) is 11.0 Å². The molecule has 6 nitrogen and oxygen atoms in total. The minimum Gasteiger partial charge on any atom is -0.479 e. The summed E-state index contributed by atoms with van der Waals surface area (Å²) in [5.74, 6) is -1.00. The molecule has 0 spiro atoms. The van der Waals surface area contributed by atoms with Gasteiger partial charge < -0.3 is 10.8 Å². The van der Waals surface area contributed by atoms with Gasteiger partial charge in [0.05, 0.1) is 11.8 Å². The fraction of sp³-hybridized carbons (Fsp3) is 0.0870. The SMILES string of the molecule is Nc1nccc(-c2cnn(C(C(=O)O)c3ccc(C(F)(F)F)cc3)c2)c1-c1ccc(Cl)cc1. The number of carboxylic acids is 1. The number of aliphatic carboxylic acids is 1. The van der Waals surface area contributed by atoms with Crippen LogP contribution in [-0.4, -0.2) is 25.8 Å². The Morgan fingerprint density at radius 3 is 2.30 bits per heavy atom. The lowest BCUT2D eigenvalue weighted by molar-refractivity contribution is -0.139. The van der Waals surface area contributed by atoms with Crippen molar-refractivity contribution >= 4 is 23.4 Å². The summed E-state index contributed by atoms with van der Waals surface area (Å²) in [7, 11) is 0. The van der Waals surface area contributed by atoms with Crippen molar-refractivity contribution in [1.29, 1.82) is 0 Å². The Morgan fingerprint density at radius 2 is 1.70 bits per heavy atom. The van der Waals surface area contributed by atoms with Gasteiger partial charge in [-0.3, -0.25) is 4.68 Å². The number of anilines is 1. The topological polar surface area (TPSA) is 94.0 Å². The fourth-order valence-corrected chi connectivity index (χ4v) is 3.65. The second kappa shape index (κ2) is 8.59. The molecule has 4 aromatic rings. The molecule has 0 amide bonds. The summed E-state index contributed by atoms with van der Waals surface area (Å²) in [6.45, 7) is 0. The van der Waals surface area contributed by atoms with Gasteiger partial charge in [-0.25, -0.2) is 9.78 Å². The van der Waals surface area contributed by atoms with E-state index in [-0.39, 0.29) is 11.4 Å². The number of carboxylic acid groups (broad SMARTS) is 1. The summed E-state index contributed by atoms with van der Waals surface area (Å²) >= 11 is 5.98. The van der Waals surface area contributed by atoms with Crippen LogP contribution < -0.4 is 5.73 Å². The van der Waals surface area contributed by atoms with Crippen LogP contribution in [0.2, 0.25) is 5.02 Å². The van der Waals surface area contributed by atoms with Crippen LogP contribution in [0.1, 0.15) is 17.2 Å². The second-order valence-electron chi connectivity index (χ2n) is 7.20. The number of halogens is 4. The zero-order valence-corrected chi connectivity index (χ0v) is 17.5. The Hall–Kier alpha value is -3.85. The van der Waals surface area contributed by atoms with Gasteiger partial charge in [-0.15, -0.1) is 0 Å². The lowest BCUT2D eigenvalue weighted by atomic mass is 9.97. The van der Waals surface area contributed by atoms with Crippen molar-refractivity contribution in [3.8, 4) is 22.3 Å². The van der Waals surface area contributed by atoms with E-state index in [2.05, 4.69) is 10.1 Å². The molecule has 0 aliphatic carbocycles. The van der Waals surface area contributed by atoms with Gasteiger partial charge >= 0.3 is 12.1 Å². The zero-order chi connectivity index (χ0) is 23.8. The number of alkyl halides is 3. The maximum absolute atomic E-state index is 12.9. The highest BCUT2D eigenvalue weighted by molar-refractivity contribution is 6.30. The van der Waals surface area contributed by atoms with E-state index >= 15 is 0 Å². The van der Waals surface area contributed by atoms with Crippen LogP contribution in [0.3, 0.4) is 0 Å². The highest BCUT2D eigenvalue weighted by Crippen LogP contribution is 2.36. The Balaban J connectivity index is 1.75. The van der Waals surface area contributed by atoms with E-state index in [4.69, 9.17) is 17.3 Å². The van der Waals surface area contributed by atoms with Crippen molar-refractivity contribution in [3.05, 3.63) is 89.3 Å². The second-order valence-corrected chi connectivity index (χ2v) is 7.63. The molecule has 1 atom stereocenters. The number of benzene rings is 2. The first-order chi connectivity index (χ1) is 15.6. The first-order valence-corrected chi connectivity index (χ1v) is 9.98. The lowest BCUT2D eigenvalue weighted by Gasteiger charge is -2.15. The molecule has 33 heavy (non-hydrogen) atoms. The van der Waals surface area contributed by atoms with Crippen molar-refractivity contribution in [2.24, 2.45) is 0 Å². The molecular weight excluding hydrogens is 457 g/mol.